The van der Waals surface area contributed by atoms with Crippen molar-refractivity contribution in [3.8, 4) is 11.4 Å². The fourth-order valence-corrected chi connectivity index (χ4v) is 3.09. The molecule has 0 saturated carbocycles. The number of rotatable bonds is 5. The second-order valence-corrected chi connectivity index (χ2v) is 6.47. The molecule has 1 aromatic carbocycles. The minimum absolute atomic E-state index is 0.542. The monoisotopic (exact) mass is 353 g/mol. The van der Waals surface area contributed by atoms with Crippen LogP contribution in [0.15, 0.2) is 39.5 Å². The Kier molecular flexibility index (Phi) is 4.78. The summed E-state index contributed by atoms with van der Waals surface area (Å²) >= 11 is 13.8. The van der Waals surface area contributed by atoms with Gasteiger partial charge in [0, 0.05) is 17.5 Å². The Labute approximate surface area is 142 Å². The van der Waals surface area contributed by atoms with Crippen LogP contribution in [0.4, 0.5) is 0 Å². The van der Waals surface area contributed by atoms with Gasteiger partial charge in [0.1, 0.15) is 0 Å². The van der Waals surface area contributed by atoms with Crippen molar-refractivity contribution in [2.45, 2.75) is 13.1 Å². The summed E-state index contributed by atoms with van der Waals surface area (Å²) < 4.78 is 5.29. The summed E-state index contributed by atoms with van der Waals surface area (Å²) in [4.78, 5) is 6.45. The summed E-state index contributed by atoms with van der Waals surface area (Å²) in [7, 11) is 1.96. The first-order chi connectivity index (χ1) is 10.6. The molecule has 0 spiro atoms. The molecule has 4 nitrogen and oxygen atoms in total. The minimum Gasteiger partial charge on any atom is -0.338 e. The molecule has 3 aromatic rings. The van der Waals surface area contributed by atoms with Gasteiger partial charge in [0.25, 0.3) is 0 Å². The molecule has 3 rings (SSSR count). The van der Waals surface area contributed by atoms with Crippen molar-refractivity contribution in [2.75, 3.05) is 7.05 Å². The Morgan fingerprint density at radius 2 is 2.09 bits per heavy atom. The molecular formula is C15H13Cl2N3OS. The molecular weight excluding hydrogens is 341 g/mol. The lowest BCUT2D eigenvalue weighted by molar-refractivity contribution is 0.261. The van der Waals surface area contributed by atoms with Crippen LogP contribution in [0, 0.1) is 0 Å². The van der Waals surface area contributed by atoms with Gasteiger partial charge in [-0.3, -0.25) is 4.90 Å². The molecule has 114 valence electrons. The summed E-state index contributed by atoms with van der Waals surface area (Å²) in [6, 6.07) is 7.58. The molecule has 2 aromatic heterocycles. The van der Waals surface area contributed by atoms with E-state index in [1.54, 1.807) is 17.4 Å². The quantitative estimate of drug-likeness (QED) is 0.664. The van der Waals surface area contributed by atoms with Gasteiger partial charge in [-0.05, 0) is 30.1 Å². The standard InChI is InChI=1S/C15H13Cl2N3OS/c1-20(7-10-3-2-4-12(16)14(10)17)8-13-18-15(19-21-13)11-5-6-22-9-11/h2-6,9H,7-8H2,1H3. The van der Waals surface area contributed by atoms with Gasteiger partial charge in [0.2, 0.25) is 11.7 Å². The van der Waals surface area contributed by atoms with Gasteiger partial charge in [-0.1, -0.05) is 40.5 Å². The third-order valence-electron chi connectivity index (χ3n) is 3.12. The fraction of sp³-hybridized carbons (Fsp3) is 0.200. The van der Waals surface area contributed by atoms with Gasteiger partial charge < -0.3 is 4.52 Å². The molecule has 22 heavy (non-hydrogen) atoms. The van der Waals surface area contributed by atoms with Crippen molar-refractivity contribution in [1.82, 2.24) is 15.0 Å². The van der Waals surface area contributed by atoms with E-state index in [1.807, 2.05) is 40.9 Å². The zero-order chi connectivity index (χ0) is 15.5. The SMILES string of the molecule is CN(Cc1nc(-c2ccsc2)no1)Cc1cccc(Cl)c1Cl. The van der Waals surface area contributed by atoms with E-state index >= 15 is 0 Å². The highest BCUT2D eigenvalue weighted by Crippen LogP contribution is 2.26. The molecule has 0 unspecified atom stereocenters. The fourth-order valence-electron chi connectivity index (χ4n) is 2.08. The number of nitrogens with zero attached hydrogens (tertiary/aromatic N) is 3. The van der Waals surface area contributed by atoms with Crippen LogP contribution in [0.1, 0.15) is 11.5 Å². The molecule has 0 atom stereocenters. The lowest BCUT2D eigenvalue weighted by Crippen LogP contribution is -2.17. The average Bonchev–Trinajstić information content (AvgIpc) is 3.14. The van der Waals surface area contributed by atoms with Crippen LogP contribution >= 0.6 is 34.5 Å². The van der Waals surface area contributed by atoms with Gasteiger partial charge >= 0.3 is 0 Å². The Morgan fingerprint density at radius 1 is 1.23 bits per heavy atom. The van der Waals surface area contributed by atoms with Crippen molar-refractivity contribution >= 4 is 34.5 Å². The van der Waals surface area contributed by atoms with E-state index in [4.69, 9.17) is 27.7 Å². The van der Waals surface area contributed by atoms with Gasteiger partial charge in [-0.2, -0.15) is 16.3 Å². The highest BCUT2D eigenvalue weighted by Gasteiger charge is 2.13. The van der Waals surface area contributed by atoms with E-state index in [0.29, 0.717) is 34.8 Å². The number of thiophene rings is 1. The molecule has 2 heterocycles. The van der Waals surface area contributed by atoms with Crippen molar-refractivity contribution in [3.05, 3.63) is 56.5 Å². The highest BCUT2D eigenvalue weighted by molar-refractivity contribution is 7.08. The number of hydrogen-bond acceptors (Lipinski definition) is 5. The number of hydrogen-bond donors (Lipinski definition) is 0. The Balaban J connectivity index is 1.67. The van der Waals surface area contributed by atoms with E-state index in [-0.39, 0.29) is 0 Å². The molecule has 0 aliphatic carbocycles. The Hall–Kier alpha value is -1.40. The van der Waals surface area contributed by atoms with Crippen molar-refractivity contribution in [3.63, 3.8) is 0 Å². The van der Waals surface area contributed by atoms with E-state index < -0.39 is 0 Å². The maximum Gasteiger partial charge on any atom is 0.241 e. The second kappa shape index (κ2) is 6.79. The Bertz CT molecular complexity index is 758. The predicted molar refractivity (Wildman–Crippen MR) is 89.2 cm³/mol. The van der Waals surface area contributed by atoms with Crippen LogP contribution in [0.5, 0.6) is 0 Å². The van der Waals surface area contributed by atoms with Crippen LogP contribution in [-0.4, -0.2) is 22.1 Å². The van der Waals surface area contributed by atoms with Gasteiger partial charge in [0.15, 0.2) is 0 Å². The average molecular weight is 354 g/mol. The van der Waals surface area contributed by atoms with Crippen LogP contribution in [0.3, 0.4) is 0 Å². The first-order valence-electron chi connectivity index (χ1n) is 6.60. The normalized spacial score (nSPS) is 11.3. The number of benzene rings is 1. The molecule has 7 heteroatoms. The summed E-state index contributed by atoms with van der Waals surface area (Å²) in [5.74, 6) is 1.19. The summed E-state index contributed by atoms with van der Waals surface area (Å²) in [5.41, 5.74) is 1.94. The maximum absolute atomic E-state index is 6.20. The van der Waals surface area contributed by atoms with Crippen molar-refractivity contribution < 1.29 is 4.52 Å². The third kappa shape index (κ3) is 3.50. The molecule has 0 bridgehead atoms. The first-order valence-corrected chi connectivity index (χ1v) is 8.30. The summed E-state index contributed by atoms with van der Waals surface area (Å²) in [6.45, 7) is 1.19. The largest absolute Gasteiger partial charge is 0.338 e. The van der Waals surface area contributed by atoms with Crippen LogP contribution in [-0.2, 0) is 13.1 Å². The lowest BCUT2D eigenvalue weighted by atomic mass is 10.2. The van der Waals surface area contributed by atoms with Gasteiger partial charge in [-0.15, -0.1) is 0 Å². The molecule has 0 radical (unpaired) electrons. The zero-order valence-corrected chi connectivity index (χ0v) is 14.1. The zero-order valence-electron chi connectivity index (χ0n) is 11.8. The van der Waals surface area contributed by atoms with Gasteiger partial charge in [-0.25, -0.2) is 0 Å². The van der Waals surface area contributed by atoms with E-state index in [9.17, 15) is 0 Å². The Morgan fingerprint density at radius 3 is 2.86 bits per heavy atom. The van der Waals surface area contributed by atoms with E-state index in [0.717, 1.165) is 11.1 Å². The van der Waals surface area contributed by atoms with Crippen molar-refractivity contribution in [2.24, 2.45) is 0 Å². The molecule has 0 fully saturated rings. The molecule has 0 N–H and O–H groups in total. The summed E-state index contributed by atoms with van der Waals surface area (Å²) in [5, 5.41) is 9.12. The van der Waals surface area contributed by atoms with E-state index in [2.05, 4.69) is 10.1 Å². The predicted octanol–water partition coefficient (Wildman–Crippen LogP) is 4.74. The highest BCUT2D eigenvalue weighted by atomic mass is 35.5. The number of halogens is 2. The topological polar surface area (TPSA) is 42.2 Å². The molecule has 0 aliphatic rings. The lowest BCUT2D eigenvalue weighted by Gasteiger charge is -2.15. The van der Waals surface area contributed by atoms with Crippen molar-refractivity contribution in [1.29, 1.82) is 0 Å². The first kappa shape index (κ1) is 15.5. The molecule has 0 saturated heterocycles. The maximum atomic E-state index is 6.20. The third-order valence-corrected chi connectivity index (χ3v) is 4.67. The van der Waals surface area contributed by atoms with Crippen LogP contribution in [0.2, 0.25) is 10.0 Å². The minimum atomic E-state index is 0.542. The molecule has 0 aliphatic heterocycles. The number of aromatic nitrogens is 2. The van der Waals surface area contributed by atoms with E-state index in [1.165, 1.54) is 0 Å². The summed E-state index contributed by atoms with van der Waals surface area (Å²) in [6.07, 6.45) is 0. The van der Waals surface area contributed by atoms with Crippen LogP contribution in [0.25, 0.3) is 11.4 Å². The smallest absolute Gasteiger partial charge is 0.241 e. The van der Waals surface area contributed by atoms with Crippen LogP contribution < -0.4 is 0 Å². The molecule has 0 amide bonds. The van der Waals surface area contributed by atoms with Gasteiger partial charge in [0.05, 0.1) is 16.6 Å². The second-order valence-electron chi connectivity index (χ2n) is 4.91.